The van der Waals surface area contributed by atoms with Gasteiger partial charge < -0.3 is 34.6 Å². The number of nitrogens with one attached hydrogen (secondary N) is 3. The van der Waals surface area contributed by atoms with Crippen LogP contribution in [0.15, 0.2) is 57.9 Å². The van der Waals surface area contributed by atoms with Gasteiger partial charge in [0.15, 0.2) is 17.3 Å². The van der Waals surface area contributed by atoms with Gasteiger partial charge in [0.2, 0.25) is 11.2 Å². The number of hydrogen-bond donors (Lipinski definition) is 3. The van der Waals surface area contributed by atoms with Crippen LogP contribution in [-0.4, -0.2) is 51.8 Å². The van der Waals surface area contributed by atoms with Gasteiger partial charge in [-0.05, 0) is 43.8 Å². The molecule has 212 valence electrons. The molecular formula is C26H24F3N3O8. The molecule has 0 radical (unpaired) electrons. The Morgan fingerprint density at radius 3 is 2.12 bits per heavy atom. The van der Waals surface area contributed by atoms with Crippen LogP contribution in [0.2, 0.25) is 0 Å². The third-order valence-electron chi connectivity index (χ3n) is 5.35. The molecule has 14 heteroatoms. The number of likely N-dealkylation sites (N-methyl/N-ethyl adjacent to an activating group) is 1. The predicted octanol–water partition coefficient (Wildman–Crippen LogP) is 3.39. The number of carbonyl (C=O) groups excluding carboxylic acids is 3. The molecule has 3 aromatic rings. The average molecular weight is 563 g/mol. The summed E-state index contributed by atoms with van der Waals surface area (Å²) in [5.41, 5.74) is 0.175. The lowest BCUT2D eigenvalue weighted by atomic mass is 10.1. The first kappa shape index (κ1) is 29.7. The number of anilines is 2. The average Bonchev–Trinajstić information content (AvgIpc) is 2.92. The topological polar surface area (TPSA) is 145 Å². The second-order valence-electron chi connectivity index (χ2n) is 8.07. The van der Waals surface area contributed by atoms with Gasteiger partial charge in [-0.2, -0.15) is 13.2 Å². The lowest BCUT2D eigenvalue weighted by Crippen LogP contribution is -2.29. The van der Waals surface area contributed by atoms with Crippen molar-refractivity contribution in [2.24, 2.45) is 0 Å². The Bertz CT molecular complexity index is 1450. The van der Waals surface area contributed by atoms with E-state index in [0.717, 1.165) is 18.5 Å². The summed E-state index contributed by atoms with van der Waals surface area (Å²) >= 11 is 0. The van der Waals surface area contributed by atoms with E-state index in [-0.39, 0.29) is 22.7 Å². The summed E-state index contributed by atoms with van der Waals surface area (Å²) in [6.07, 6.45) is -4.16. The van der Waals surface area contributed by atoms with E-state index in [0.29, 0.717) is 18.0 Å². The molecule has 11 nitrogen and oxygen atoms in total. The number of alkyl halides is 3. The lowest BCUT2D eigenvalue weighted by molar-refractivity contribution is -0.189. The van der Waals surface area contributed by atoms with E-state index in [4.69, 9.17) is 13.9 Å². The number of carbonyl (C=O) groups is 3. The van der Waals surface area contributed by atoms with Gasteiger partial charge in [0.25, 0.3) is 11.8 Å². The molecule has 40 heavy (non-hydrogen) atoms. The summed E-state index contributed by atoms with van der Waals surface area (Å²) in [6.45, 7) is 0.780. The maximum absolute atomic E-state index is 13.2. The van der Waals surface area contributed by atoms with Crippen LogP contribution in [0.3, 0.4) is 0 Å². The first-order valence-corrected chi connectivity index (χ1v) is 11.5. The van der Waals surface area contributed by atoms with Crippen LogP contribution in [0.5, 0.6) is 17.2 Å². The number of amides is 2. The van der Waals surface area contributed by atoms with Crippen molar-refractivity contribution < 1.29 is 46.2 Å². The van der Waals surface area contributed by atoms with E-state index in [1.54, 1.807) is 12.1 Å². The molecule has 0 atom stereocenters. The number of rotatable bonds is 10. The van der Waals surface area contributed by atoms with Crippen molar-refractivity contribution in [3.63, 3.8) is 0 Å². The fraction of sp³-hybridized carbons (Fsp3) is 0.231. The molecular weight excluding hydrogens is 539 g/mol. The minimum Gasteiger partial charge on any atom is -0.493 e. The molecule has 1 heterocycles. The number of esters is 1. The van der Waals surface area contributed by atoms with Gasteiger partial charge in [-0.25, -0.2) is 4.79 Å². The Morgan fingerprint density at radius 2 is 1.55 bits per heavy atom. The number of ether oxygens (including phenoxy) is 3. The second kappa shape index (κ2) is 12.8. The first-order chi connectivity index (χ1) is 19.0. The van der Waals surface area contributed by atoms with E-state index in [2.05, 4.69) is 20.7 Å². The Balaban J connectivity index is 1.87. The maximum Gasteiger partial charge on any atom is 0.491 e. The molecule has 0 bridgehead atoms. The number of benzene rings is 2. The number of hydrogen-bond acceptors (Lipinski definition) is 9. The molecule has 3 rings (SSSR count). The van der Waals surface area contributed by atoms with Crippen LogP contribution in [0.1, 0.15) is 26.5 Å². The van der Waals surface area contributed by atoms with E-state index in [9.17, 15) is 32.3 Å². The Morgan fingerprint density at radius 1 is 0.900 bits per heavy atom. The Hall–Kier alpha value is -4.85. The first-order valence-electron chi connectivity index (χ1n) is 11.5. The normalized spacial score (nSPS) is 10.9. The molecule has 2 aromatic carbocycles. The van der Waals surface area contributed by atoms with Gasteiger partial charge in [-0.3, -0.25) is 14.4 Å². The SMILES string of the molecule is CNCCc1ccc(NC(=O)c2cc(OC)c(OC)cc2NC(=O)c2cc(=O)c(OC(=O)C(F)(F)F)co2)cc1. The molecule has 0 aliphatic heterocycles. The molecule has 3 N–H and O–H groups in total. The highest BCUT2D eigenvalue weighted by molar-refractivity contribution is 6.12. The van der Waals surface area contributed by atoms with E-state index in [1.165, 1.54) is 26.4 Å². The van der Waals surface area contributed by atoms with E-state index < -0.39 is 40.9 Å². The van der Waals surface area contributed by atoms with Gasteiger partial charge in [-0.1, -0.05) is 12.1 Å². The van der Waals surface area contributed by atoms with E-state index >= 15 is 0 Å². The van der Waals surface area contributed by atoms with Gasteiger partial charge >= 0.3 is 12.1 Å². The lowest BCUT2D eigenvalue weighted by Gasteiger charge is -2.16. The Labute approximate surface area is 225 Å². The zero-order valence-corrected chi connectivity index (χ0v) is 21.4. The standard InChI is InChI=1S/C26H24F3N3O8/c1-30-9-8-14-4-6-15(7-5-14)31-23(34)16-10-19(37-2)20(38-3)11-17(16)32-24(35)21-12-18(33)22(13-39-21)40-25(36)26(27,28)29/h4-7,10-13,30H,8-9H2,1-3H3,(H,31,34)(H,32,35). The highest BCUT2D eigenvalue weighted by atomic mass is 19.4. The highest BCUT2D eigenvalue weighted by Crippen LogP contribution is 2.34. The molecule has 0 aliphatic rings. The fourth-order valence-corrected chi connectivity index (χ4v) is 3.33. The summed E-state index contributed by atoms with van der Waals surface area (Å²) in [4.78, 5) is 49.1. The summed E-state index contributed by atoms with van der Waals surface area (Å²) in [7, 11) is 4.52. The maximum atomic E-state index is 13.2. The summed E-state index contributed by atoms with van der Waals surface area (Å²) in [6, 6.07) is 10.3. The molecule has 0 saturated carbocycles. The van der Waals surface area contributed by atoms with Crippen molar-refractivity contribution in [2.45, 2.75) is 12.6 Å². The summed E-state index contributed by atoms with van der Waals surface area (Å²) in [5.74, 6) is -5.69. The van der Waals surface area contributed by atoms with Gasteiger partial charge in [-0.15, -0.1) is 0 Å². The zero-order chi connectivity index (χ0) is 29.4. The molecule has 0 unspecified atom stereocenters. The monoisotopic (exact) mass is 563 g/mol. The molecule has 2 amide bonds. The summed E-state index contributed by atoms with van der Waals surface area (Å²) in [5, 5.41) is 8.16. The third-order valence-corrected chi connectivity index (χ3v) is 5.35. The fourth-order valence-electron chi connectivity index (χ4n) is 3.33. The zero-order valence-electron chi connectivity index (χ0n) is 21.4. The highest BCUT2D eigenvalue weighted by Gasteiger charge is 2.42. The summed E-state index contributed by atoms with van der Waals surface area (Å²) < 4.78 is 56.6. The van der Waals surface area contributed by atoms with Crippen LogP contribution in [0.25, 0.3) is 0 Å². The van der Waals surface area contributed by atoms with Crippen molar-refractivity contribution in [2.75, 3.05) is 38.4 Å². The van der Waals surface area contributed by atoms with Gasteiger partial charge in [0.05, 0.1) is 25.5 Å². The quantitative estimate of drug-likeness (QED) is 0.316. The number of methoxy groups -OCH3 is 2. The number of halogens is 3. The van der Waals surface area contributed by atoms with E-state index in [1.807, 2.05) is 19.2 Å². The third kappa shape index (κ3) is 7.38. The second-order valence-corrected chi connectivity index (χ2v) is 8.07. The molecule has 0 fully saturated rings. The van der Waals surface area contributed by atoms with Crippen molar-refractivity contribution in [1.29, 1.82) is 0 Å². The minimum atomic E-state index is -5.35. The van der Waals surface area contributed by atoms with Crippen LogP contribution in [0.4, 0.5) is 24.5 Å². The van der Waals surface area contributed by atoms with Crippen molar-refractivity contribution in [3.8, 4) is 17.2 Å². The van der Waals surface area contributed by atoms with Crippen molar-refractivity contribution in [3.05, 3.63) is 75.8 Å². The van der Waals surface area contributed by atoms with Crippen LogP contribution in [-0.2, 0) is 11.2 Å². The molecule has 0 spiro atoms. The predicted molar refractivity (Wildman–Crippen MR) is 136 cm³/mol. The van der Waals surface area contributed by atoms with Crippen LogP contribution >= 0.6 is 0 Å². The molecule has 0 saturated heterocycles. The smallest absolute Gasteiger partial charge is 0.491 e. The van der Waals surface area contributed by atoms with Crippen molar-refractivity contribution in [1.82, 2.24) is 5.32 Å². The minimum absolute atomic E-state index is 0.0525. The largest absolute Gasteiger partial charge is 0.493 e. The van der Waals surface area contributed by atoms with Crippen LogP contribution in [0, 0.1) is 0 Å². The Kier molecular flexibility index (Phi) is 9.50. The molecule has 1 aromatic heterocycles. The van der Waals surface area contributed by atoms with Gasteiger partial charge in [0, 0.05) is 17.8 Å². The van der Waals surface area contributed by atoms with Gasteiger partial charge in [0.1, 0.15) is 6.26 Å². The molecule has 0 aliphatic carbocycles. The van der Waals surface area contributed by atoms with Crippen LogP contribution < -0.4 is 35.6 Å². The van der Waals surface area contributed by atoms with Crippen molar-refractivity contribution >= 4 is 29.2 Å².